The molecule has 0 radical (unpaired) electrons. The van der Waals surface area contributed by atoms with Crippen molar-refractivity contribution in [3.8, 4) is 0 Å². The number of carbonyl (C=O) groups excluding carboxylic acids is 2. The summed E-state index contributed by atoms with van der Waals surface area (Å²) in [5.41, 5.74) is 7.68. The van der Waals surface area contributed by atoms with Gasteiger partial charge >= 0.3 is 0 Å². The first-order valence-electron chi connectivity index (χ1n) is 11.1. The first-order chi connectivity index (χ1) is 16.9. The molecule has 3 N–H and O–H groups in total. The van der Waals surface area contributed by atoms with Gasteiger partial charge in [-0.25, -0.2) is 13.8 Å². The molecule has 0 saturated carbocycles. The minimum absolute atomic E-state index is 0.0848. The van der Waals surface area contributed by atoms with Crippen LogP contribution < -0.4 is 5.73 Å². The number of hydrogen-bond acceptors (Lipinski definition) is 5. The lowest BCUT2D eigenvalue weighted by Gasteiger charge is -2.34. The Morgan fingerprint density at radius 3 is 2.69 bits per heavy atom. The molecule has 0 bridgehead atoms. The maximum Gasteiger partial charge on any atom is 0.255 e. The van der Waals surface area contributed by atoms with E-state index < -0.39 is 11.4 Å². The molecule has 0 aliphatic carbocycles. The number of hydrogen-bond donors (Lipinski definition) is 2. The van der Waals surface area contributed by atoms with Crippen LogP contribution in [0.25, 0.3) is 11.0 Å². The zero-order valence-corrected chi connectivity index (χ0v) is 18.5. The molecule has 35 heavy (non-hydrogen) atoms. The lowest BCUT2D eigenvalue weighted by atomic mass is 9.89. The van der Waals surface area contributed by atoms with Crippen LogP contribution in [0.3, 0.4) is 0 Å². The molecule has 2 aliphatic rings. The van der Waals surface area contributed by atoms with Gasteiger partial charge in [0.1, 0.15) is 5.82 Å². The molecule has 1 atom stereocenters. The summed E-state index contributed by atoms with van der Waals surface area (Å²) in [6, 6.07) is 10.6. The van der Waals surface area contributed by atoms with E-state index in [1.54, 1.807) is 40.3 Å². The molecule has 5 heterocycles. The van der Waals surface area contributed by atoms with Gasteiger partial charge in [-0.05, 0) is 29.8 Å². The van der Waals surface area contributed by atoms with Crippen LogP contribution in [0.1, 0.15) is 33.6 Å². The van der Waals surface area contributed by atoms with Gasteiger partial charge < -0.3 is 20.5 Å². The van der Waals surface area contributed by atoms with E-state index in [1.807, 2.05) is 0 Å². The SMILES string of the molecule is Nc1nc2cc(CN3C(=O)c4ccncc4[C@@]34CCN(Cc3ccc(F)cc3)C4=O)[nH]c2cc1F. The van der Waals surface area contributed by atoms with Crippen LogP contribution in [0.4, 0.5) is 14.6 Å². The second kappa shape index (κ2) is 7.59. The number of amides is 2. The fourth-order valence-electron chi connectivity index (χ4n) is 5.17. The second-order valence-corrected chi connectivity index (χ2v) is 8.86. The van der Waals surface area contributed by atoms with Crippen molar-refractivity contribution in [1.29, 1.82) is 0 Å². The van der Waals surface area contributed by atoms with Crippen LogP contribution in [0, 0.1) is 11.6 Å². The van der Waals surface area contributed by atoms with Crippen molar-refractivity contribution in [3.63, 3.8) is 0 Å². The third kappa shape index (κ3) is 3.17. The third-order valence-corrected chi connectivity index (χ3v) is 6.84. The summed E-state index contributed by atoms with van der Waals surface area (Å²) < 4.78 is 27.2. The zero-order valence-electron chi connectivity index (χ0n) is 18.5. The molecule has 8 nitrogen and oxygen atoms in total. The highest BCUT2D eigenvalue weighted by molar-refractivity contribution is 6.07. The number of nitrogens with zero attached hydrogens (tertiary/aromatic N) is 4. The number of rotatable bonds is 4. The van der Waals surface area contributed by atoms with Crippen LogP contribution in [-0.2, 0) is 23.4 Å². The Balaban J connectivity index is 1.38. The molecular formula is C25H20F2N6O2. The number of benzene rings is 1. The number of likely N-dealkylation sites (tertiary alicyclic amines) is 1. The van der Waals surface area contributed by atoms with Gasteiger partial charge in [-0.3, -0.25) is 14.6 Å². The van der Waals surface area contributed by atoms with Crippen molar-refractivity contribution in [2.75, 3.05) is 12.3 Å². The number of aromatic amines is 1. The minimum atomic E-state index is -1.21. The number of halogens is 2. The maximum atomic E-state index is 13.9. The van der Waals surface area contributed by atoms with Gasteiger partial charge in [0.15, 0.2) is 17.2 Å². The number of nitrogens with two attached hydrogens (primary N) is 1. The number of pyridine rings is 2. The van der Waals surface area contributed by atoms with Crippen LogP contribution in [0.2, 0.25) is 0 Å². The Morgan fingerprint density at radius 2 is 1.89 bits per heavy atom. The van der Waals surface area contributed by atoms with Crippen molar-refractivity contribution >= 4 is 28.7 Å². The average Bonchev–Trinajstić information content (AvgIpc) is 3.46. The summed E-state index contributed by atoms with van der Waals surface area (Å²) in [5.74, 6) is -1.69. The highest BCUT2D eigenvalue weighted by Crippen LogP contribution is 2.47. The molecule has 0 unspecified atom stereocenters. The van der Waals surface area contributed by atoms with Crippen molar-refractivity contribution in [3.05, 3.63) is 88.9 Å². The number of anilines is 1. The van der Waals surface area contributed by atoms with Gasteiger partial charge in [0, 0.05) is 54.8 Å². The van der Waals surface area contributed by atoms with Gasteiger partial charge in [-0.2, -0.15) is 0 Å². The Labute approximate surface area is 198 Å². The molecule has 1 spiro atoms. The van der Waals surface area contributed by atoms with Gasteiger partial charge in [0.25, 0.3) is 11.8 Å². The predicted molar refractivity (Wildman–Crippen MR) is 123 cm³/mol. The van der Waals surface area contributed by atoms with Crippen LogP contribution in [0.5, 0.6) is 0 Å². The van der Waals surface area contributed by atoms with Crippen molar-refractivity contribution in [2.45, 2.75) is 25.0 Å². The van der Waals surface area contributed by atoms with Gasteiger partial charge in [-0.15, -0.1) is 0 Å². The lowest BCUT2D eigenvalue weighted by Crippen LogP contribution is -2.49. The van der Waals surface area contributed by atoms with Crippen molar-refractivity contribution in [1.82, 2.24) is 24.8 Å². The molecule has 6 rings (SSSR count). The summed E-state index contributed by atoms with van der Waals surface area (Å²) in [5, 5.41) is 0. The van der Waals surface area contributed by atoms with Gasteiger partial charge in [-0.1, -0.05) is 12.1 Å². The highest BCUT2D eigenvalue weighted by Gasteiger charge is 2.59. The molecule has 1 saturated heterocycles. The summed E-state index contributed by atoms with van der Waals surface area (Å²) >= 11 is 0. The topological polar surface area (TPSA) is 108 Å². The van der Waals surface area contributed by atoms with E-state index in [1.165, 1.54) is 24.4 Å². The first-order valence-corrected chi connectivity index (χ1v) is 11.1. The van der Waals surface area contributed by atoms with E-state index in [9.17, 15) is 18.4 Å². The predicted octanol–water partition coefficient (Wildman–Crippen LogP) is 3.10. The second-order valence-electron chi connectivity index (χ2n) is 8.86. The summed E-state index contributed by atoms with van der Waals surface area (Å²) in [6.45, 7) is 0.805. The largest absolute Gasteiger partial charge is 0.381 e. The van der Waals surface area contributed by atoms with E-state index in [4.69, 9.17) is 5.73 Å². The quantitative estimate of drug-likeness (QED) is 0.473. The van der Waals surface area contributed by atoms with Crippen molar-refractivity contribution < 1.29 is 18.4 Å². The zero-order chi connectivity index (χ0) is 24.3. The smallest absolute Gasteiger partial charge is 0.255 e. The number of nitrogens with one attached hydrogen (secondary N) is 1. The van der Waals surface area contributed by atoms with E-state index in [0.717, 1.165) is 5.56 Å². The fourth-order valence-corrected chi connectivity index (χ4v) is 5.17. The van der Waals surface area contributed by atoms with Crippen LogP contribution >= 0.6 is 0 Å². The molecule has 3 aromatic heterocycles. The molecule has 4 aromatic rings. The minimum Gasteiger partial charge on any atom is -0.381 e. The Hall–Kier alpha value is -4.34. The Kier molecular flexibility index (Phi) is 4.60. The number of nitrogen functional groups attached to an aromatic ring is 1. The van der Waals surface area contributed by atoms with Gasteiger partial charge in [0.2, 0.25) is 0 Å². The first kappa shape index (κ1) is 21.2. The Bertz CT molecular complexity index is 1460. The molecule has 10 heteroatoms. The lowest BCUT2D eigenvalue weighted by molar-refractivity contribution is -0.137. The molecule has 176 valence electrons. The maximum absolute atomic E-state index is 13.9. The van der Waals surface area contributed by atoms with Crippen LogP contribution in [-0.4, -0.2) is 43.1 Å². The Morgan fingerprint density at radius 1 is 1.09 bits per heavy atom. The van der Waals surface area contributed by atoms with E-state index in [0.29, 0.717) is 47.4 Å². The average molecular weight is 474 g/mol. The summed E-state index contributed by atoms with van der Waals surface area (Å²) in [4.78, 5) is 42.0. The summed E-state index contributed by atoms with van der Waals surface area (Å²) in [7, 11) is 0. The van der Waals surface area contributed by atoms with E-state index >= 15 is 0 Å². The monoisotopic (exact) mass is 474 g/mol. The standard InChI is InChI=1S/C25H20F2N6O2/c26-15-3-1-14(2-4-15)12-32-8-6-25(24(32)35)18-11-29-7-5-17(18)23(34)33(25)13-16-9-20-21(30-16)10-19(27)22(28)31-20/h1-5,7,9-11,30H,6,8,12-13H2,(H2,28,31)/t25-/m1/s1. The fraction of sp³-hybridized carbons (Fsp3) is 0.200. The molecule has 2 aliphatic heterocycles. The highest BCUT2D eigenvalue weighted by atomic mass is 19.1. The van der Waals surface area contributed by atoms with Crippen LogP contribution in [0.15, 0.2) is 54.9 Å². The molecular weight excluding hydrogens is 454 g/mol. The summed E-state index contributed by atoms with van der Waals surface area (Å²) in [6.07, 6.45) is 3.49. The van der Waals surface area contributed by atoms with E-state index in [2.05, 4.69) is 15.0 Å². The molecule has 2 amide bonds. The molecule has 1 aromatic carbocycles. The number of aromatic nitrogens is 3. The number of carbonyl (C=O) groups is 2. The van der Waals surface area contributed by atoms with Gasteiger partial charge in [0.05, 0.1) is 17.6 Å². The number of fused-ring (bicyclic) bond motifs is 3. The molecule has 1 fully saturated rings. The normalized spacial score (nSPS) is 19.4. The third-order valence-electron chi connectivity index (χ3n) is 6.84. The van der Waals surface area contributed by atoms with E-state index in [-0.39, 0.29) is 30.0 Å². The number of H-pyrrole nitrogens is 1. The van der Waals surface area contributed by atoms with Crippen molar-refractivity contribution in [2.24, 2.45) is 0 Å².